The van der Waals surface area contributed by atoms with E-state index in [9.17, 15) is 9.90 Å². The summed E-state index contributed by atoms with van der Waals surface area (Å²) < 4.78 is 3.07. The summed E-state index contributed by atoms with van der Waals surface area (Å²) in [5.41, 5.74) is 6.54. The normalized spacial score (nSPS) is 14.7. The number of carboxylic acids is 1. The molecule has 0 atom stereocenters. The maximum Gasteiger partial charge on any atom is 0.307 e. The standard InChI is InChI=1S/C28H26ClN5O2S.C4H10O/c1-16-13-22-27(26(20(16)14-25(35)36)17-3-5-18(29)6-4-17)37-28(32-22)21-7-8-24-23(31-21)15-30-34(24)19-9-11-33(2)12-10-19;1-4(2,3)5/h3-8,13,15,19H,9-12,14H2,1-2H3,(H,35,36);5H,1-3H3. The van der Waals surface area contributed by atoms with E-state index in [4.69, 9.17) is 26.7 Å². The van der Waals surface area contributed by atoms with Crippen LogP contribution in [0.1, 0.15) is 50.8 Å². The van der Waals surface area contributed by atoms with Crippen molar-refractivity contribution in [3.05, 3.63) is 64.8 Å². The number of piperidine rings is 1. The molecule has 0 unspecified atom stereocenters. The van der Waals surface area contributed by atoms with Gasteiger partial charge in [0.25, 0.3) is 0 Å². The Morgan fingerprint density at radius 1 is 1.07 bits per heavy atom. The molecule has 6 rings (SSSR count). The number of hydrogen-bond donors (Lipinski definition) is 2. The second-order valence-corrected chi connectivity index (χ2v) is 13.3. The molecule has 0 spiro atoms. The van der Waals surface area contributed by atoms with Crippen LogP contribution in [-0.4, -0.2) is 66.6 Å². The lowest BCUT2D eigenvalue weighted by molar-refractivity contribution is -0.136. The van der Waals surface area contributed by atoms with Gasteiger partial charge in [0, 0.05) is 10.6 Å². The summed E-state index contributed by atoms with van der Waals surface area (Å²) in [5.74, 6) is -0.865. The minimum atomic E-state index is -0.865. The molecule has 1 aliphatic heterocycles. The van der Waals surface area contributed by atoms with Gasteiger partial charge >= 0.3 is 5.97 Å². The number of carbonyl (C=O) groups is 1. The maximum absolute atomic E-state index is 11.7. The monoisotopic (exact) mass is 605 g/mol. The van der Waals surface area contributed by atoms with Crippen LogP contribution in [0.5, 0.6) is 0 Å². The van der Waals surface area contributed by atoms with Crippen molar-refractivity contribution in [3.8, 4) is 21.8 Å². The first-order valence-electron chi connectivity index (χ1n) is 14.0. The summed E-state index contributed by atoms with van der Waals surface area (Å²) in [6, 6.07) is 14.0. The summed E-state index contributed by atoms with van der Waals surface area (Å²) in [5, 5.41) is 24.3. The number of halogens is 1. The van der Waals surface area contributed by atoms with Crippen molar-refractivity contribution in [1.82, 2.24) is 24.6 Å². The van der Waals surface area contributed by atoms with Crippen molar-refractivity contribution in [2.45, 2.75) is 58.6 Å². The zero-order valence-electron chi connectivity index (χ0n) is 24.6. The highest BCUT2D eigenvalue weighted by Gasteiger charge is 2.22. The average Bonchev–Trinajstić information content (AvgIpc) is 3.53. The first kappa shape index (κ1) is 30.1. The Bertz CT molecular complexity index is 1730. The number of aliphatic carboxylic acids is 1. The van der Waals surface area contributed by atoms with Gasteiger partial charge < -0.3 is 15.1 Å². The molecule has 1 saturated heterocycles. The Kier molecular flexibility index (Phi) is 8.66. The van der Waals surface area contributed by atoms with E-state index in [0.29, 0.717) is 11.1 Å². The van der Waals surface area contributed by atoms with Crippen LogP contribution in [0.4, 0.5) is 0 Å². The number of pyridine rings is 1. The number of fused-ring (bicyclic) bond motifs is 2. The quantitative estimate of drug-likeness (QED) is 0.222. The van der Waals surface area contributed by atoms with Crippen LogP contribution in [-0.2, 0) is 11.2 Å². The molecule has 2 N–H and O–H groups in total. The fourth-order valence-electron chi connectivity index (χ4n) is 5.23. The lowest BCUT2D eigenvalue weighted by Gasteiger charge is -2.29. The summed E-state index contributed by atoms with van der Waals surface area (Å²) in [7, 11) is 2.16. The third-order valence-corrected chi connectivity index (χ3v) is 8.54. The van der Waals surface area contributed by atoms with Crippen molar-refractivity contribution < 1.29 is 15.0 Å². The summed E-state index contributed by atoms with van der Waals surface area (Å²) in [6.45, 7) is 9.32. The molecule has 0 bridgehead atoms. The zero-order valence-corrected chi connectivity index (χ0v) is 26.1. The number of rotatable bonds is 5. The highest BCUT2D eigenvalue weighted by molar-refractivity contribution is 7.22. The van der Waals surface area contributed by atoms with Gasteiger partial charge in [-0.05, 0) is 108 Å². The fraction of sp³-hybridized carbons (Fsp3) is 0.375. The van der Waals surface area contributed by atoms with Crippen molar-refractivity contribution in [1.29, 1.82) is 0 Å². The minimum Gasteiger partial charge on any atom is -0.481 e. The van der Waals surface area contributed by atoms with Gasteiger partial charge in [-0.25, -0.2) is 9.97 Å². The van der Waals surface area contributed by atoms with Crippen LogP contribution in [0.15, 0.2) is 48.7 Å². The van der Waals surface area contributed by atoms with Crippen molar-refractivity contribution >= 4 is 50.2 Å². The lowest BCUT2D eigenvalue weighted by Crippen LogP contribution is -2.31. The Labute approximate surface area is 254 Å². The van der Waals surface area contributed by atoms with Crippen molar-refractivity contribution in [2.75, 3.05) is 20.1 Å². The number of benzene rings is 2. The minimum absolute atomic E-state index is 0.0622. The first-order chi connectivity index (χ1) is 19.9. The molecule has 3 aromatic heterocycles. The molecule has 5 aromatic rings. The summed E-state index contributed by atoms with van der Waals surface area (Å²) >= 11 is 7.68. The van der Waals surface area contributed by atoms with E-state index in [-0.39, 0.29) is 6.42 Å². The van der Waals surface area contributed by atoms with Crippen LogP contribution < -0.4 is 0 Å². The van der Waals surface area contributed by atoms with E-state index in [0.717, 1.165) is 80.1 Å². The number of hydrogen-bond acceptors (Lipinski definition) is 7. The molecule has 10 heteroatoms. The van der Waals surface area contributed by atoms with Crippen LogP contribution in [0.2, 0.25) is 5.02 Å². The van der Waals surface area contributed by atoms with Crippen molar-refractivity contribution in [2.24, 2.45) is 0 Å². The molecule has 2 aromatic carbocycles. The fourth-order valence-corrected chi connectivity index (χ4v) is 6.46. The molecule has 0 saturated carbocycles. The van der Waals surface area contributed by atoms with E-state index >= 15 is 0 Å². The van der Waals surface area contributed by atoms with Gasteiger partial charge in [-0.1, -0.05) is 23.7 Å². The van der Waals surface area contributed by atoms with Gasteiger partial charge in [0.05, 0.1) is 45.7 Å². The molecule has 0 amide bonds. The van der Waals surface area contributed by atoms with E-state index in [1.807, 2.05) is 49.5 Å². The van der Waals surface area contributed by atoms with Gasteiger partial charge in [0.15, 0.2) is 0 Å². The van der Waals surface area contributed by atoms with Gasteiger partial charge in [-0.2, -0.15) is 5.10 Å². The Hall–Kier alpha value is -3.37. The Morgan fingerprint density at radius 2 is 1.74 bits per heavy atom. The molecule has 1 fully saturated rings. The van der Waals surface area contributed by atoms with Crippen molar-refractivity contribution in [3.63, 3.8) is 0 Å². The maximum atomic E-state index is 11.7. The Morgan fingerprint density at radius 3 is 2.38 bits per heavy atom. The predicted molar refractivity (Wildman–Crippen MR) is 170 cm³/mol. The predicted octanol–water partition coefficient (Wildman–Crippen LogP) is 7.01. The molecule has 1 aliphatic rings. The largest absolute Gasteiger partial charge is 0.481 e. The van der Waals surface area contributed by atoms with Crippen LogP contribution in [0.3, 0.4) is 0 Å². The van der Waals surface area contributed by atoms with Crippen LogP contribution in [0, 0.1) is 6.92 Å². The van der Waals surface area contributed by atoms with Gasteiger partial charge in [-0.3, -0.25) is 9.48 Å². The lowest BCUT2D eigenvalue weighted by atomic mass is 9.93. The molecule has 0 radical (unpaired) electrons. The highest BCUT2D eigenvalue weighted by atomic mass is 35.5. The third-order valence-electron chi connectivity index (χ3n) is 7.18. The molecule has 220 valence electrons. The van der Waals surface area contributed by atoms with E-state index in [1.54, 1.807) is 20.8 Å². The van der Waals surface area contributed by atoms with E-state index in [1.165, 1.54) is 11.3 Å². The number of thiazole rings is 1. The van der Waals surface area contributed by atoms with E-state index < -0.39 is 11.6 Å². The third kappa shape index (κ3) is 6.81. The highest BCUT2D eigenvalue weighted by Crippen LogP contribution is 2.41. The summed E-state index contributed by atoms with van der Waals surface area (Å²) in [4.78, 5) is 23.9. The van der Waals surface area contributed by atoms with Crippen LogP contribution >= 0.6 is 22.9 Å². The molecule has 4 heterocycles. The molecular formula is C32H36ClN5O3S. The number of aliphatic hydroxyl groups is 1. The first-order valence-corrected chi connectivity index (χ1v) is 15.2. The average molecular weight is 606 g/mol. The molecule has 42 heavy (non-hydrogen) atoms. The topological polar surface area (TPSA) is 104 Å². The number of aryl methyl sites for hydroxylation is 1. The van der Waals surface area contributed by atoms with E-state index in [2.05, 4.69) is 27.8 Å². The second-order valence-electron chi connectivity index (χ2n) is 11.9. The van der Waals surface area contributed by atoms with Gasteiger partial charge in [-0.15, -0.1) is 11.3 Å². The number of nitrogens with zero attached hydrogens (tertiary/aromatic N) is 5. The number of aromatic nitrogens is 4. The van der Waals surface area contributed by atoms with Gasteiger partial charge in [0.2, 0.25) is 0 Å². The molecule has 0 aliphatic carbocycles. The number of carboxylic acid groups (broad SMARTS) is 1. The molecular weight excluding hydrogens is 570 g/mol. The van der Waals surface area contributed by atoms with Crippen LogP contribution in [0.25, 0.3) is 43.1 Å². The van der Waals surface area contributed by atoms with Gasteiger partial charge in [0.1, 0.15) is 10.5 Å². The second kappa shape index (κ2) is 12.1. The summed E-state index contributed by atoms with van der Waals surface area (Å²) in [6.07, 6.45) is 3.95. The zero-order chi connectivity index (χ0) is 30.2. The number of likely N-dealkylation sites (tertiary alicyclic amines) is 1. The molecule has 8 nitrogen and oxygen atoms in total. The smallest absolute Gasteiger partial charge is 0.307 e. The SMILES string of the molecule is CC(C)(C)O.Cc1cc2nc(-c3ccc4c(cnn4C4CCN(C)CC4)n3)sc2c(-c2ccc(Cl)cc2)c1CC(=O)O. The Balaban J connectivity index is 0.000000652.